The molecule has 128 valence electrons. The Balaban J connectivity index is 2.17. The molecule has 2 aromatic rings. The summed E-state index contributed by atoms with van der Waals surface area (Å²) >= 11 is 5.85. The fraction of sp³-hybridized carbons (Fsp3) is 0.364. The number of nitrogens with zero attached hydrogens (tertiary/aromatic N) is 1. The maximum absolute atomic E-state index is 5.85. The second kappa shape index (κ2) is 8.94. The van der Waals surface area contributed by atoms with Gasteiger partial charge in [0.05, 0.1) is 0 Å². The van der Waals surface area contributed by atoms with Crippen LogP contribution in [-0.2, 0) is 0 Å². The molecule has 0 amide bonds. The van der Waals surface area contributed by atoms with Crippen molar-refractivity contribution in [2.75, 3.05) is 23.9 Å². The van der Waals surface area contributed by atoms with Gasteiger partial charge >= 0.3 is 0 Å². The summed E-state index contributed by atoms with van der Waals surface area (Å²) in [6.45, 7) is 12.9. The predicted molar refractivity (Wildman–Crippen MR) is 108 cm³/mol. The first kappa shape index (κ1) is 18.6. The zero-order chi connectivity index (χ0) is 17.5. The van der Waals surface area contributed by atoms with Gasteiger partial charge in [-0.1, -0.05) is 43.8 Å². The van der Waals surface area contributed by atoms with Gasteiger partial charge in [-0.25, -0.2) is 0 Å². The molecule has 0 aliphatic heterocycles. The molecule has 0 heterocycles. The van der Waals surface area contributed by atoms with Gasteiger partial charge in [-0.15, -0.1) is 11.6 Å². The minimum Gasteiger partial charge on any atom is -0.372 e. The Kier molecular flexibility index (Phi) is 6.93. The van der Waals surface area contributed by atoms with Crippen molar-refractivity contribution in [2.45, 2.75) is 33.6 Å². The summed E-state index contributed by atoms with van der Waals surface area (Å²) in [7, 11) is 0. The zero-order valence-corrected chi connectivity index (χ0v) is 15.9. The average molecular weight is 342 g/mol. The quantitative estimate of drug-likeness (QED) is 0.516. The van der Waals surface area contributed by atoms with Crippen LogP contribution in [-0.4, -0.2) is 19.0 Å². The molecule has 0 unspecified atom stereocenters. The van der Waals surface area contributed by atoms with Gasteiger partial charge in [-0.2, -0.15) is 0 Å². The topological polar surface area (TPSA) is 3.24 Å². The normalized spacial score (nSPS) is 10.7. The highest BCUT2D eigenvalue weighted by Gasteiger charge is 2.08. The highest BCUT2D eigenvalue weighted by atomic mass is 35.5. The van der Waals surface area contributed by atoms with Crippen molar-refractivity contribution in [1.29, 1.82) is 0 Å². The van der Waals surface area contributed by atoms with Crippen LogP contribution >= 0.6 is 11.6 Å². The van der Waals surface area contributed by atoms with Gasteiger partial charge in [-0.3, -0.25) is 0 Å². The number of alkyl halides is 1. The Bertz CT molecular complexity index is 673. The second-order valence-corrected chi connectivity index (χ2v) is 6.73. The van der Waals surface area contributed by atoms with Crippen molar-refractivity contribution in [3.05, 3.63) is 71.3 Å². The summed E-state index contributed by atoms with van der Waals surface area (Å²) in [6, 6.07) is 15.3. The van der Waals surface area contributed by atoms with Crippen LogP contribution in [0, 0.1) is 13.8 Å². The van der Waals surface area contributed by atoms with Crippen LogP contribution < -0.4 is 4.90 Å². The molecule has 24 heavy (non-hydrogen) atoms. The minimum atomic E-state index is 0.710. The van der Waals surface area contributed by atoms with Crippen LogP contribution in [0.25, 0.3) is 5.57 Å². The third-order valence-electron chi connectivity index (χ3n) is 4.49. The van der Waals surface area contributed by atoms with Crippen molar-refractivity contribution in [1.82, 2.24) is 0 Å². The van der Waals surface area contributed by atoms with Gasteiger partial charge in [0.2, 0.25) is 0 Å². The number of rotatable bonds is 8. The molecule has 2 rings (SSSR count). The first-order valence-corrected chi connectivity index (χ1v) is 9.28. The molecular weight excluding hydrogens is 314 g/mol. The van der Waals surface area contributed by atoms with E-state index in [2.05, 4.69) is 74.7 Å². The minimum absolute atomic E-state index is 0.710. The summed E-state index contributed by atoms with van der Waals surface area (Å²) in [4.78, 5) is 2.41. The van der Waals surface area contributed by atoms with E-state index in [9.17, 15) is 0 Å². The molecular formula is C22H28ClN. The maximum atomic E-state index is 5.85. The van der Waals surface area contributed by atoms with Crippen LogP contribution in [0.1, 0.15) is 42.0 Å². The van der Waals surface area contributed by atoms with E-state index >= 15 is 0 Å². The Morgan fingerprint density at radius 1 is 0.958 bits per heavy atom. The fourth-order valence-corrected chi connectivity index (χ4v) is 2.98. The molecule has 0 fully saturated rings. The molecule has 0 aromatic heterocycles. The lowest BCUT2D eigenvalue weighted by Crippen LogP contribution is -2.25. The Hall–Kier alpha value is -1.73. The standard InChI is InChI=1S/C22H28ClN/c1-5-14-24(15-6-13-23)22-11-9-20(10-12-22)19(4)21-8-7-17(2)18(3)16-21/h7-12,16H,4-6,13-15H2,1-3H3. The van der Waals surface area contributed by atoms with Crippen LogP contribution in [0.3, 0.4) is 0 Å². The van der Waals surface area contributed by atoms with Gasteiger partial charge in [0.1, 0.15) is 0 Å². The van der Waals surface area contributed by atoms with E-state index in [1.807, 2.05) is 0 Å². The van der Waals surface area contributed by atoms with Crippen molar-refractivity contribution in [2.24, 2.45) is 0 Å². The third kappa shape index (κ3) is 4.64. The number of anilines is 1. The number of benzene rings is 2. The average Bonchev–Trinajstić information content (AvgIpc) is 2.60. The number of hydrogen-bond donors (Lipinski definition) is 0. The lowest BCUT2D eigenvalue weighted by molar-refractivity contribution is 0.747. The van der Waals surface area contributed by atoms with Gasteiger partial charge < -0.3 is 4.90 Å². The summed E-state index contributed by atoms with van der Waals surface area (Å²) in [5.74, 6) is 0.710. The summed E-state index contributed by atoms with van der Waals surface area (Å²) in [6.07, 6.45) is 2.15. The second-order valence-electron chi connectivity index (χ2n) is 6.35. The molecule has 2 aromatic carbocycles. The molecule has 0 aliphatic rings. The van der Waals surface area contributed by atoms with E-state index in [0.29, 0.717) is 5.88 Å². The van der Waals surface area contributed by atoms with Gasteiger partial charge in [-0.05, 0) is 66.6 Å². The summed E-state index contributed by atoms with van der Waals surface area (Å²) in [5, 5.41) is 0. The van der Waals surface area contributed by atoms with Crippen molar-refractivity contribution < 1.29 is 0 Å². The summed E-state index contributed by atoms with van der Waals surface area (Å²) < 4.78 is 0. The zero-order valence-electron chi connectivity index (χ0n) is 15.1. The highest BCUT2D eigenvalue weighted by Crippen LogP contribution is 2.26. The highest BCUT2D eigenvalue weighted by molar-refractivity contribution is 6.17. The van der Waals surface area contributed by atoms with Crippen LogP contribution in [0.4, 0.5) is 5.69 Å². The van der Waals surface area contributed by atoms with Crippen LogP contribution in [0.5, 0.6) is 0 Å². The number of aryl methyl sites for hydroxylation is 2. The molecule has 0 spiro atoms. The molecule has 0 atom stereocenters. The monoisotopic (exact) mass is 341 g/mol. The van der Waals surface area contributed by atoms with E-state index in [0.717, 1.165) is 31.5 Å². The fourth-order valence-electron chi connectivity index (χ4n) is 2.86. The number of halogens is 1. The molecule has 0 bridgehead atoms. The Labute approximate surface area is 152 Å². The molecule has 0 saturated carbocycles. The molecule has 0 N–H and O–H groups in total. The smallest absolute Gasteiger partial charge is 0.0366 e. The van der Waals surface area contributed by atoms with Gasteiger partial charge in [0, 0.05) is 24.7 Å². The molecule has 1 nitrogen and oxygen atoms in total. The van der Waals surface area contributed by atoms with Crippen molar-refractivity contribution >= 4 is 22.9 Å². The molecule has 0 radical (unpaired) electrons. The largest absolute Gasteiger partial charge is 0.372 e. The van der Waals surface area contributed by atoms with Gasteiger partial charge in [0.15, 0.2) is 0 Å². The van der Waals surface area contributed by atoms with E-state index in [4.69, 9.17) is 11.6 Å². The third-order valence-corrected chi connectivity index (χ3v) is 4.76. The van der Waals surface area contributed by atoms with E-state index in [-0.39, 0.29) is 0 Å². The van der Waals surface area contributed by atoms with Crippen LogP contribution in [0.15, 0.2) is 49.0 Å². The number of hydrogen-bond acceptors (Lipinski definition) is 1. The molecule has 2 heteroatoms. The first-order valence-electron chi connectivity index (χ1n) is 8.74. The SMILES string of the molecule is C=C(c1ccc(N(CCC)CCCCl)cc1)c1ccc(C)c(C)c1. The lowest BCUT2D eigenvalue weighted by atomic mass is 9.96. The lowest BCUT2D eigenvalue weighted by Gasteiger charge is -2.24. The van der Waals surface area contributed by atoms with Crippen LogP contribution in [0.2, 0.25) is 0 Å². The van der Waals surface area contributed by atoms with Crippen molar-refractivity contribution in [3.8, 4) is 0 Å². The van der Waals surface area contributed by atoms with Crippen molar-refractivity contribution in [3.63, 3.8) is 0 Å². The van der Waals surface area contributed by atoms with Gasteiger partial charge in [0.25, 0.3) is 0 Å². The Morgan fingerprint density at radius 3 is 2.21 bits per heavy atom. The molecule has 0 saturated heterocycles. The Morgan fingerprint density at radius 2 is 1.62 bits per heavy atom. The molecule has 0 aliphatic carbocycles. The van der Waals surface area contributed by atoms with E-state index in [1.165, 1.54) is 27.9 Å². The predicted octanol–water partition coefficient (Wildman–Crippen LogP) is 6.21. The summed E-state index contributed by atoms with van der Waals surface area (Å²) in [5.41, 5.74) is 7.33. The van der Waals surface area contributed by atoms with E-state index in [1.54, 1.807) is 0 Å². The first-order chi connectivity index (χ1) is 11.6. The maximum Gasteiger partial charge on any atom is 0.0366 e. The van der Waals surface area contributed by atoms with E-state index < -0.39 is 0 Å².